The van der Waals surface area contributed by atoms with E-state index in [1.54, 1.807) is 18.3 Å². The zero-order valence-electron chi connectivity index (χ0n) is 15.2. The first-order valence-corrected chi connectivity index (χ1v) is 10.4. The van der Waals surface area contributed by atoms with Crippen LogP contribution in [0.5, 0.6) is 5.88 Å². The summed E-state index contributed by atoms with van der Waals surface area (Å²) in [5.41, 5.74) is 1.23. The summed E-state index contributed by atoms with van der Waals surface area (Å²) in [6.07, 6.45) is 9.45. The summed E-state index contributed by atoms with van der Waals surface area (Å²) in [6.45, 7) is 4.16. The molecule has 0 spiro atoms. The van der Waals surface area contributed by atoms with Crippen LogP contribution in [0.1, 0.15) is 34.5 Å². The van der Waals surface area contributed by atoms with Crippen molar-refractivity contribution >= 4 is 28.8 Å². The summed E-state index contributed by atoms with van der Waals surface area (Å²) in [5, 5.41) is 2.81. The van der Waals surface area contributed by atoms with Crippen molar-refractivity contribution in [2.24, 2.45) is 0 Å². The number of hydrogen-bond donors (Lipinski definition) is 1. The van der Waals surface area contributed by atoms with Crippen LogP contribution in [0.15, 0.2) is 42.6 Å². The number of likely N-dealkylation sites (tertiary alicyclic amines) is 1. The Balaban J connectivity index is 1.37. The minimum Gasteiger partial charge on any atom is -0.473 e. The summed E-state index contributed by atoms with van der Waals surface area (Å²) in [7, 11) is 0. The van der Waals surface area contributed by atoms with Crippen LogP contribution in [-0.4, -0.2) is 42.0 Å². The van der Waals surface area contributed by atoms with Gasteiger partial charge in [0, 0.05) is 25.4 Å². The standard InChI is InChI=1S/C20H24ClN3O2S/c21-18-7-6-17(27-18)20(25)23-9-2-5-13-26-19-14-16(8-10-22-19)15-24-11-3-1-4-12-24/h2,5-8,10,14H,1,3-4,9,11-13,15H2,(H,23,25)/b5-2-. The van der Waals surface area contributed by atoms with Crippen molar-refractivity contribution in [2.75, 3.05) is 26.2 Å². The van der Waals surface area contributed by atoms with Gasteiger partial charge in [0.1, 0.15) is 6.61 Å². The molecule has 1 aliphatic rings. The minimum atomic E-state index is -0.121. The maximum absolute atomic E-state index is 11.9. The number of nitrogens with zero attached hydrogens (tertiary/aromatic N) is 2. The molecule has 0 bridgehead atoms. The first-order chi connectivity index (χ1) is 13.2. The number of hydrogen-bond acceptors (Lipinski definition) is 5. The molecule has 3 rings (SSSR count). The molecule has 0 saturated carbocycles. The number of amides is 1. The Hall–Kier alpha value is -1.89. The Morgan fingerprint density at radius 2 is 2.11 bits per heavy atom. The number of pyridine rings is 1. The van der Waals surface area contributed by atoms with Gasteiger partial charge in [-0.3, -0.25) is 9.69 Å². The second-order valence-corrected chi connectivity index (χ2v) is 8.15. The molecular weight excluding hydrogens is 382 g/mol. The highest BCUT2D eigenvalue weighted by Gasteiger charge is 2.11. The molecule has 0 unspecified atom stereocenters. The Morgan fingerprint density at radius 3 is 2.89 bits per heavy atom. The third-order valence-electron chi connectivity index (χ3n) is 4.33. The lowest BCUT2D eigenvalue weighted by atomic mass is 10.1. The van der Waals surface area contributed by atoms with Crippen LogP contribution < -0.4 is 10.1 Å². The van der Waals surface area contributed by atoms with E-state index in [0.717, 1.165) is 6.54 Å². The molecule has 3 heterocycles. The van der Waals surface area contributed by atoms with E-state index in [2.05, 4.69) is 15.2 Å². The number of ether oxygens (including phenoxy) is 1. The predicted octanol–water partition coefficient (Wildman–Crippen LogP) is 4.15. The van der Waals surface area contributed by atoms with Crippen molar-refractivity contribution in [2.45, 2.75) is 25.8 Å². The van der Waals surface area contributed by atoms with Crippen molar-refractivity contribution in [3.05, 3.63) is 57.4 Å². The topological polar surface area (TPSA) is 54.5 Å². The number of carbonyl (C=O) groups is 1. The smallest absolute Gasteiger partial charge is 0.261 e. The highest BCUT2D eigenvalue weighted by atomic mass is 35.5. The Kier molecular flexibility index (Phi) is 7.68. The monoisotopic (exact) mass is 405 g/mol. The van der Waals surface area contributed by atoms with E-state index >= 15 is 0 Å². The van der Waals surface area contributed by atoms with E-state index in [-0.39, 0.29) is 5.91 Å². The lowest BCUT2D eigenvalue weighted by Crippen LogP contribution is -2.29. The van der Waals surface area contributed by atoms with Crippen molar-refractivity contribution in [1.82, 2.24) is 15.2 Å². The summed E-state index contributed by atoms with van der Waals surface area (Å²) >= 11 is 7.10. The zero-order valence-corrected chi connectivity index (χ0v) is 16.8. The molecule has 5 nitrogen and oxygen atoms in total. The molecule has 1 fully saturated rings. The molecule has 0 aliphatic carbocycles. The van der Waals surface area contributed by atoms with Gasteiger partial charge in [-0.1, -0.05) is 24.1 Å². The number of aromatic nitrogens is 1. The third-order valence-corrected chi connectivity index (χ3v) is 5.56. The Labute approximate surface area is 169 Å². The molecule has 1 N–H and O–H groups in total. The molecule has 1 aliphatic heterocycles. The maximum atomic E-state index is 11.9. The molecule has 0 aromatic carbocycles. The second kappa shape index (κ2) is 10.4. The predicted molar refractivity (Wildman–Crippen MR) is 110 cm³/mol. The Morgan fingerprint density at radius 1 is 1.26 bits per heavy atom. The second-order valence-electron chi connectivity index (χ2n) is 6.44. The van der Waals surface area contributed by atoms with Crippen molar-refractivity contribution < 1.29 is 9.53 Å². The lowest BCUT2D eigenvalue weighted by molar-refractivity contribution is 0.0962. The number of carbonyl (C=O) groups excluding carboxylic acids is 1. The Bertz CT molecular complexity index is 772. The summed E-state index contributed by atoms with van der Waals surface area (Å²) in [6, 6.07) is 7.49. The fourth-order valence-electron chi connectivity index (χ4n) is 2.96. The van der Waals surface area contributed by atoms with Gasteiger partial charge in [-0.25, -0.2) is 4.98 Å². The summed E-state index contributed by atoms with van der Waals surface area (Å²) in [4.78, 5) is 19.2. The van der Waals surface area contributed by atoms with Crippen molar-refractivity contribution in [3.8, 4) is 5.88 Å². The fourth-order valence-corrected chi connectivity index (χ4v) is 3.92. The van der Waals surface area contributed by atoms with Crippen LogP contribution in [-0.2, 0) is 6.54 Å². The van der Waals surface area contributed by atoms with E-state index in [1.165, 1.54) is 49.3 Å². The van der Waals surface area contributed by atoms with Gasteiger partial charge in [-0.15, -0.1) is 11.3 Å². The summed E-state index contributed by atoms with van der Waals surface area (Å²) < 4.78 is 6.30. The van der Waals surface area contributed by atoms with Gasteiger partial charge in [0.05, 0.1) is 9.21 Å². The summed E-state index contributed by atoms with van der Waals surface area (Å²) in [5.74, 6) is 0.510. The molecule has 27 heavy (non-hydrogen) atoms. The van der Waals surface area contributed by atoms with Gasteiger partial charge in [0.15, 0.2) is 0 Å². The molecule has 2 aromatic rings. The quantitative estimate of drug-likeness (QED) is 0.670. The molecule has 1 saturated heterocycles. The van der Waals surface area contributed by atoms with Crippen LogP contribution in [0, 0.1) is 0 Å². The fraction of sp³-hybridized carbons (Fsp3) is 0.400. The highest BCUT2D eigenvalue weighted by Crippen LogP contribution is 2.21. The highest BCUT2D eigenvalue weighted by molar-refractivity contribution is 7.17. The van der Waals surface area contributed by atoms with E-state index in [9.17, 15) is 4.79 Å². The molecule has 0 atom stereocenters. The third kappa shape index (κ3) is 6.65. The number of piperidine rings is 1. The SMILES string of the molecule is O=C(NC/C=C\COc1cc(CN2CCCCC2)ccn1)c1ccc(Cl)s1. The van der Waals surface area contributed by atoms with Crippen LogP contribution in [0.4, 0.5) is 0 Å². The zero-order chi connectivity index (χ0) is 18.9. The largest absolute Gasteiger partial charge is 0.473 e. The first kappa shape index (κ1) is 19.9. The molecule has 2 aromatic heterocycles. The average molecular weight is 406 g/mol. The van der Waals surface area contributed by atoms with Gasteiger partial charge < -0.3 is 10.1 Å². The van der Waals surface area contributed by atoms with E-state index in [0.29, 0.717) is 28.2 Å². The normalized spacial score (nSPS) is 15.1. The van der Waals surface area contributed by atoms with Gasteiger partial charge in [0.25, 0.3) is 5.91 Å². The van der Waals surface area contributed by atoms with E-state index in [1.807, 2.05) is 24.3 Å². The van der Waals surface area contributed by atoms with Gasteiger partial charge in [-0.05, 0) is 55.8 Å². The van der Waals surface area contributed by atoms with E-state index < -0.39 is 0 Å². The first-order valence-electron chi connectivity index (χ1n) is 9.19. The number of halogens is 1. The average Bonchev–Trinajstić information content (AvgIpc) is 3.12. The van der Waals surface area contributed by atoms with Gasteiger partial charge >= 0.3 is 0 Å². The molecule has 1 amide bonds. The number of thiophene rings is 1. The molecule has 7 heteroatoms. The maximum Gasteiger partial charge on any atom is 0.261 e. The van der Waals surface area contributed by atoms with Crippen LogP contribution >= 0.6 is 22.9 Å². The lowest BCUT2D eigenvalue weighted by Gasteiger charge is -2.26. The van der Waals surface area contributed by atoms with Crippen LogP contribution in [0.2, 0.25) is 4.34 Å². The molecule has 0 radical (unpaired) electrons. The van der Waals surface area contributed by atoms with Crippen molar-refractivity contribution in [3.63, 3.8) is 0 Å². The minimum absolute atomic E-state index is 0.121. The van der Waals surface area contributed by atoms with Crippen LogP contribution in [0.3, 0.4) is 0 Å². The van der Waals surface area contributed by atoms with Gasteiger partial charge in [0.2, 0.25) is 5.88 Å². The number of nitrogens with one attached hydrogen (secondary N) is 1. The van der Waals surface area contributed by atoms with Crippen molar-refractivity contribution in [1.29, 1.82) is 0 Å². The number of rotatable bonds is 8. The van der Waals surface area contributed by atoms with Crippen LogP contribution in [0.25, 0.3) is 0 Å². The molecular formula is C20H24ClN3O2S. The van der Waals surface area contributed by atoms with E-state index in [4.69, 9.17) is 16.3 Å². The van der Waals surface area contributed by atoms with Gasteiger partial charge in [-0.2, -0.15) is 0 Å². The molecule has 144 valence electrons.